The van der Waals surface area contributed by atoms with Crippen molar-refractivity contribution in [1.29, 1.82) is 0 Å². The highest BCUT2D eigenvalue weighted by molar-refractivity contribution is 6.00. The van der Waals surface area contributed by atoms with Crippen molar-refractivity contribution >= 4 is 23.8 Å². The average molecular weight is 2100 g/mol. The summed E-state index contributed by atoms with van der Waals surface area (Å²) >= 11 is 0. The molecule has 0 fully saturated rings. The summed E-state index contributed by atoms with van der Waals surface area (Å²) < 4.78 is 718. The summed E-state index contributed by atoms with van der Waals surface area (Å²) in [5.41, 5.74) is -76.7. The third kappa shape index (κ3) is 24.6. The van der Waals surface area contributed by atoms with E-state index in [0.29, 0.717) is 0 Å². The Labute approximate surface area is 763 Å². The molecule has 0 aromatic heterocycles. The molecule has 52 heteroatoms. The molecule has 0 aliphatic rings. The Kier molecular flexibility index (Phi) is 27.4. The zero-order chi connectivity index (χ0) is 107. The second-order valence-electron chi connectivity index (χ2n) is 31.1. The van der Waals surface area contributed by atoms with Crippen molar-refractivity contribution in [3.63, 3.8) is 0 Å². The van der Waals surface area contributed by atoms with E-state index in [-0.39, 0.29) is 109 Å². The molecule has 143 heavy (non-hydrogen) atoms. The lowest BCUT2D eigenvalue weighted by Gasteiger charge is -2.21. The number of halogens is 48. The van der Waals surface area contributed by atoms with E-state index in [1.807, 2.05) is 0 Å². The van der Waals surface area contributed by atoms with Gasteiger partial charge in [-0.15, -0.1) is 0 Å². The van der Waals surface area contributed by atoms with Crippen LogP contribution in [0.25, 0.3) is 89.0 Å². The molecule has 0 amide bonds. The van der Waals surface area contributed by atoms with Crippen molar-refractivity contribution in [2.45, 2.75) is 105 Å². The molecule has 0 aliphatic carbocycles. The number of phenols is 2. The topological polar surface area (TPSA) is 65.2 Å². The van der Waals surface area contributed by atoms with Crippen molar-refractivity contribution in [3.8, 4) is 101 Å². The summed E-state index contributed by atoms with van der Waals surface area (Å²) in [5.74, 6) is -3.97. The van der Waals surface area contributed by atoms with Gasteiger partial charge in [0.25, 0.3) is 0 Å². The van der Waals surface area contributed by atoms with Crippen LogP contribution in [0.2, 0.25) is 0 Å². The quantitative estimate of drug-likeness (QED) is 0.0842. The predicted molar refractivity (Wildman–Crippen MR) is 410 cm³/mol. The molecule has 12 aromatic carbocycles. The zero-order valence-corrected chi connectivity index (χ0v) is 68.3. The highest BCUT2D eigenvalue weighted by Gasteiger charge is 2.48. The maximum Gasteiger partial charge on any atom is 0.416 e. The molecule has 4 nitrogen and oxygen atoms in total. The van der Waals surface area contributed by atoms with E-state index in [2.05, 4.69) is 9.98 Å². The molecule has 0 saturated carbocycles. The highest BCUT2D eigenvalue weighted by atomic mass is 19.5. The number of nitrogens with zero attached hydrogens (tertiary/aromatic N) is 2. The molecule has 12 rings (SSSR count). The summed E-state index contributed by atoms with van der Waals surface area (Å²) in [6.45, 7) is 0. The van der Waals surface area contributed by atoms with Gasteiger partial charge < -0.3 is 10.2 Å². The van der Waals surface area contributed by atoms with Crippen molar-refractivity contribution < 1.29 is 221 Å². The Balaban J connectivity index is 1.29. The fraction of sp³-hybridized carbons (Fsp3) is 0.187. The van der Waals surface area contributed by atoms with Gasteiger partial charge in [-0.3, -0.25) is 9.98 Å². The first-order valence-electron chi connectivity index (χ1n) is 38.2. The van der Waals surface area contributed by atoms with Gasteiger partial charge in [0.05, 0.1) is 100 Å². The largest absolute Gasteiger partial charge is 0.507 e. The molecule has 0 saturated heterocycles. The maximum absolute atomic E-state index is 15.3. The zero-order valence-electron chi connectivity index (χ0n) is 68.3. The molecule has 12 aromatic rings. The Morgan fingerprint density at radius 3 is 0.420 bits per heavy atom. The van der Waals surface area contributed by atoms with Crippen molar-refractivity contribution in [2.75, 3.05) is 0 Å². The maximum atomic E-state index is 15.3. The van der Waals surface area contributed by atoms with Crippen LogP contribution < -0.4 is 0 Å². The number of aromatic hydroxyl groups is 2. The van der Waals surface area contributed by atoms with Gasteiger partial charge in [-0.25, -0.2) is 0 Å². The first-order valence-corrected chi connectivity index (χ1v) is 38.2. The first kappa shape index (κ1) is 108. The summed E-state index contributed by atoms with van der Waals surface area (Å²) in [6, 6.07) is -11.3. The lowest BCUT2D eigenvalue weighted by Crippen LogP contribution is -2.11. The minimum atomic E-state index is -6.21. The third-order valence-corrected chi connectivity index (χ3v) is 20.9. The molecule has 0 heterocycles. The first-order chi connectivity index (χ1) is 64.7. The number of benzene rings is 12. The summed E-state index contributed by atoms with van der Waals surface area (Å²) in [6.07, 6.45) is -99.8. The number of hydrogen-bond donors (Lipinski definition) is 2. The van der Waals surface area contributed by atoms with Gasteiger partial charge in [0, 0.05) is 56.9 Å². The van der Waals surface area contributed by atoms with Crippen LogP contribution in [0.4, 0.5) is 222 Å². The lowest BCUT2D eigenvalue weighted by atomic mass is 9.86. The second kappa shape index (κ2) is 36.3. The summed E-state index contributed by atoms with van der Waals surface area (Å²) in [4.78, 5) is 7.55. The Morgan fingerprint density at radius 2 is 0.280 bits per heavy atom. The molecule has 760 valence electrons. The highest BCUT2D eigenvalue weighted by Crippen LogP contribution is 2.56. The number of rotatable bonds is 14. The normalized spacial score (nSPS) is 13.8. The van der Waals surface area contributed by atoms with Crippen LogP contribution in [0.15, 0.2) is 204 Å². The van der Waals surface area contributed by atoms with Gasteiger partial charge in [-0.1, -0.05) is 0 Å². The molecule has 0 aliphatic heterocycles. The van der Waals surface area contributed by atoms with Crippen LogP contribution in [-0.2, 0) is 105 Å². The SMILES string of the molecule is Oc1c(C=Nc2c(-c3cc(C(F)(F)F)cc(C(F)(F)F)c3)cc(Cc3cc(-c4cc(C(F)(F)F)cc(C(F)(F)F)c4)c(N=Cc4cc(-c5cc(C(F)(F)F)cc(C(F)(F)F)c5)cc(-c5cc(C(F)(F)F)cc(C(F)(F)F)c5)c4O)c(-c4cc(C(F)(F)F)cc(C(F)(F)F)c4)c3)cc2-c2cc(C(F)(F)F)cc(C(F)(F)F)c2)cc(-c2cc(C(F)(F)F)cc(C(F)(F)F)c2)cc1-c1cc(C(F)(F)F)cc(C(F)(F)F)c1. The predicted octanol–water partition coefficient (Wildman–Crippen LogP) is 35.8. The van der Waals surface area contributed by atoms with Gasteiger partial charge in [0.1, 0.15) is 11.5 Å². The van der Waals surface area contributed by atoms with E-state index in [1.165, 1.54) is 0 Å². The number of alkyl halides is 48. The van der Waals surface area contributed by atoms with Crippen molar-refractivity contribution in [2.24, 2.45) is 9.98 Å². The molecule has 0 spiro atoms. The van der Waals surface area contributed by atoms with Crippen LogP contribution in [-0.4, -0.2) is 22.6 Å². The van der Waals surface area contributed by atoms with E-state index in [4.69, 9.17) is 0 Å². The number of phenolic OH excluding ortho intramolecular Hbond substituents is 2. The molecule has 0 atom stereocenters. The smallest absolute Gasteiger partial charge is 0.416 e. The molecule has 2 N–H and O–H groups in total. The van der Waals surface area contributed by atoms with E-state index in [0.717, 1.165) is 0 Å². The lowest BCUT2D eigenvalue weighted by molar-refractivity contribution is -0.144. The van der Waals surface area contributed by atoms with E-state index in [1.54, 1.807) is 0 Å². The van der Waals surface area contributed by atoms with Gasteiger partial charge in [0.15, 0.2) is 0 Å². The van der Waals surface area contributed by atoms with Crippen LogP contribution in [0.1, 0.15) is 111 Å². The van der Waals surface area contributed by atoms with Crippen LogP contribution >= 0.6 is 0 Å². The van der Waals surface area contributed by atoms with Crippen molar-refractivity contribution in [3.05, 3.63) is 305 Å². The molecular weight excluding hydrogens is 2060 g/mol. The van der Waals surface area contributed by atoms with Crippen LogP contribution in [0.5, 0.6) is 11.5 Å². The molecule has 0 radical (unpaired) electrons. The van der Waals surface area contributed by atoms with E-state index < -0.39 is 425 Å². The van der Waals surface area contributed by atoms with Crippen LogP contribution in [0.3, 0.4) is 0 Å². The number of aliphatic imine (C=N–C) groups is 2. The minimum Gasteiger partial charge on any atom is -0.507 e. The average Bonchev–Trinajstić information content (AvgIpc) is 0.750. The molecule has 0 bridgehead atoms. The molecular formula is C91H38F48N2O2. The fourth-order valence-corrected chi connectivity index (χ4v) is 14.4. The monoisotopic (exact) mass is 2100 g/mol. The van der Waals surface area contributed by atoms with Gasteiger partial charge in [-0.05, 0) is 267 Å². The van der Waals surface area contributed by atoms with Gasteiger partial charge >= 0.3 is 98.8 Å². The Hall–Kier alpha value is -13.8. The van der Waals surface area contributed by atoms with Gasteiger partial charge in [-0.2, -0.15) is 211 Å². The Morgan fingerprint density at radius 1 is 0.154 bits per heavy atom. The summed E-state index contributed by atoms with van der Waals surface area (Å²) in [5, 5.41) is 24.3. The van der Waals surface area contributed by atoms with Crippen molar-refractivity contribution in [1.82, 2.24) is 0 Å². The minimum absolute atomic E-state index is 0.0232. The molecule has 0 unspecified atom stereocenters. The van der Waals surface area contributed by atoms with Crippen LogP contribution in [0, 0.1) is 0 Å². The number of hydrogen-bond acceptors (Lipinski definition) is 4. The second-order valence-corrected chi connectivity index (χ2v) is 31.1. The van der Waals surface area contributed by atoms with Gasteiger partial charge in [0.2, 0.25) is 0 Å². The fourth-order valence-electron chi connectivity index (χ4n) is 14.4. The third-order valence-electron chi connectivity index (χ3n) is 20.9. The Bertz CT molecular complexity index is 6150. The van der Waals surface area contributed by atoms with E-state index >= 15 is 105 Å². The van der Waals surface area contributed by atoms with E-state index in [9.17, 15) is 116 Å². The standard InChI is InChI=1S/C91H38F48N2O2/c92-76(93,94)50-8-40(9-51(26-50)77(95,96)97)38-6-48(74(142)70(24-38)46-20-62(88(128,129)130)32-63(21-46)89(131,132)133)34-140-72-66(42-12-54(80(104,105)106)28-55(13-42)81(107,108)109)2-36(3-67(72)43-14-56(82(110,111)112)29-57(15-43)83(113,114)115)1-37-4-68(44-16-58(84(116,117)118)30-59(17-44)85(119,120)121)73(69(5-37)45-18-60(86(122,123)124)31-61(19-45)87(125,126)127)141-35-49-7-39(41-10-52(78(98,99)100)27-53(11-41)79(101,102)103)25-71(75(49)143)47-22-64(90(134,135)136)33-65(23-47)91(137,138)139/h2-35,142-143H,1H2. The summed E-state index contributed by atoms with van der Waals surface area (Å²) in [7, 11) is 0.